The molecular formula is C17H20N2O3. The molecule has 1 aliphatic heterocycles. The smallest absolute Gasteiger partial charge is 0.307 e. The lowest BCUT2D eigenvalue weighted by Crippen LogP contribution is -2.29. The van der Waals surface area contributed by atoms with E-state index in [2.05, 4.69) is 5.10 Å². The maximum Gasteiger partial charge on any atom is 0.307 e. The molecular weight excluding hydrogens is 280 g/mol. The molecule has 0 radical (unpaired) electrons. The van der Waals surface area contributed by atoms with E-state index in [9.17, 15) is 9.59 Å². The number of ether oxygens (including phenoxy) is 1. The van der Waals surface area contributed by atoms with Crippen molar-refractivity contribution in [1.82, 2.24) is 5.01 Å². The summed E-state index contributed by atoms with van der Waals surface area (Å²) in [6.45, 7) is 9.00. The first kappa shape index (κ1) is 15.9. The van der Waals surface area contributed by atoms with Gasteiger partial charge < -0.3 is 4.74 Å². The summed E-state index contributed by atoms with van der Waals surface area (Å²) in [5.74, 6) is -0.682. The maximum atomic E-state index is 12.7. The van der Waals surface area contributed by atoms with Crippen LogP contribution in [0.3, 0.4) is 0 Å². The van der Waals surface area contributed by atoms with E-state index >= 15 is 0 Å². The van der Waals surface area contributed by atoms with E-state index in [0.29, 0.717) is 11.3 Å². The van der Waals surface area contributed by atoms with Crippen LogP contribution in [0.25, 0.3) is 0 Å². The molecule has 0 aromatic heterocycles. The van der Waals surface area contributed by atoms with Gasteiger partial charge in [-0.05, 0) is 39.8 Å². The van der Waals surface area contributed by atoms with Crippen molar-refractivity contribution < 1.29 is 14.3 Å². The summed E-state index contributed by atoms with van der Waals surface area (Å²) in [6.07, 6.45) is 1.31. The Balaban J connectivity index is 2.38. The van der Waals surface area contributed by atoms with Gasteiger partial charge in [-0.25, -0.2) is 0 Å². The number of carbonyl (C=O) groups excluding carboxylic acids is 2. The molecule has 0 saturated heterocycles. The van der Waals surface area contributed by atoms with Crippen LogP contribution in [0.1, 0.15) is 43.6 Å². The van der Waals surface area contributed by atoms with Gasteiger partial charge in [0.05, 0.1) is 11.1 Å². The van der Waals surface area contributed by atoms with Crippen molar-refractivity contribution in [2.45, 2.75) is 34.6 Å². The fourth-order valence-electron chi connectivity index (χ4n) is 2.09. The Morgan fingerprint density at radius 1 is 1.18 bits per heavy atom. The van der Waals surface area contributed by atoms with Gasteiger partial charge >= 0.3 is 5.97 Å². The maximum absolute atomic E-state index is 12.7. The normalized spacial score (nSPS) is 18.3. The molecule has 0 atom stereocenters. The highest BCUT2D eigenvalue weighted by Crippen LogP contribution is 2.38. The van der Waals surface area contributed by atoms with Crippen LogP contribution in [0.4, 0.5) is 0 Å². The predicted molar refractivity (Wildman–Crippen MR) is 84.1 cm³/mol. The zero-order chi connectivity index (χ0) is 16.5. The van der Waals surface area contributed by atoms with E-state index in [1.165, 1.54) is 18.2 Å². The van der Waals surface area contributed by atoms with E-state index in [1.54, 1.807) is 12.1 Å². The van der Waals surface area contributed by atoms with E-state index < -0.39 is 11.4 Å². The number of nitrogens with zero attached hydrogens (tertiary/aromatic N) is 2. The second-order valence-electron chi connectivity index (χ2n) is 5.91. The van der Waals surface area contributed by atoms with E-state index in [0.717, 1.165) is 11.3 Å². The molecule has 0 unspecified atom stereocenters. The first-order chi connectivity index (χ1) is 10.2. The predicted octanol–water partition coefficient (Wildman–Crippen LogP) is 3.26. The third-order valence-electron chi connectivity index (χ3n) is 3.85. The minimum atomic E-state index is -0.476. The Labute approximate surface area is 130 Å². The Kier molecular flexibility index (Phi) is 4.17. The van der Waals surface area contributed by atoms with Crippen molar-refractivity contribution in [3.63, 3.8) is 0 Å². The molecule has 1 aromatic carbocycles. The van der Waals surface area contributed by atoms with Crippen molar-refractivity contribution >= 4 is 17.6 Å². The number of allylic oxidation sites excluding steroid dienone is 1. The molecule has 1 amide bonds. The SMILES string of the molecule is CC(=O)O/C=C1/N(C(=O)c2ccc(C)cc2)N=C(C)C1(C)C. The lowest BCUT2D eigenvalue weighted by atomic mass is 9.86. The highest BCUT2D eigenvalue weighted by molar-refractivity contribution is 6.01. The van der Waals surface area contributed by atoms with Crippen LogP contribution in [-0.2, 0) is 9.53 Å². The van der Waals surface area contributed by atoms with Gasteiger partial charge in [0.1, 0.15) is 6.26 Å². The summed E-state index contributed by atoms with van der Waals surface area (Å²) in [5.41, 5.74) is 2.47. The zero-order valence-electron chi connectivity index (χ0n) is 13.5. The van der Waals surface area contributed by atoms with Crippen LogP contribution in [-0.4, -0.2) is 22.6 Å². The molecule has 116 valence electrons. The Hall–Kier alpha value is -2.43. The van der Waals surface area contributed by atoms with Crippen LogP contribution in [0, 0.1) is 12.3 Å². The van der Waals surface area contributed by atoms with Crippen LogP contribution in [0.2, 0.25) is 0 Å². The van der Waals surface area contributed by atoms with Crippen LogP contribution in [0.15, 0.2) is 41.3 Å². The highest BCUT2D eigenvalue weighted by atomic mass is 16.5. The fourth-order valence-corrected chi connectivity index (χ4v) is 2.09. The second-order valence-corrected chi connectivity index (χ2v) is 5.91. The van der Waals surface area contributed by atoms with Crippen LogP contribution >= 0.6 is 0 Å². The molecule has 5 nitrogen and oxygen atoms in total. The van der Waals surface area contributed by atoms with E-state index in [-0.39, 0.29) is 5.91 Å². The molecule has 0 aliphatic carbocycles. The van der Waals surface area contributed by atoms with Gasteiger partial charge in [-0.3, -0.25) is 9.59 Å². The average molecular weight is 300 g/mol. The van der Waals surface area contributed by atoms with Gasteiger partial charge in [-0.2, -0.15) is 10.1 Å². The summed E-state index contributed by atoms with van der Waals surface area (Å²) in [4.78, 5) is 23.8. The van der Waals surface area contributed by atoms with Crippen molar-refractivity contribution in [2.24, 2.45) is 10.5 Å². The minimum Gasteiger partial charge on any atom is -0.433 e. The summed E-state index contributed by atoms with van der Waals surface area (Å²) >= 11 is 0. The number of rotatable bonds is 2. The molecule has 2 rings (SSSR count). The number of hydrogen-bond acceptors (Lipinski definition) is 4. The third-order valence-corrected chi connectivity index (χ3v) is 3.85. The minimum absolute atomic E-state index is 0.247. The van der Waals surface area contributed by atoms with Gasteiger partial charge in [0.25, 0.3) is 5.91 Å². The zero-order valence-corrected chi connectivity index (χ0v) is 13.5. The largest absolute Gasteiger partial charge is 0.433 e. The van der Waals surface area contributed by atoms with Gasteiger partial charge in [0, 0.05) is 18.2 Å². The molecule has 5 heteroatoms. The van der Waals surface area contributed by atoms with E-state index in [4.69, 9.17) is 4.74 Å². The van der Waals surface area contributed by atoms with Gasteiger partial charge in [0.2, 0.25) is 0 Å². The first-order valence-corrected chi connectivity index (χ1v) is 7.08. The van der Waals surface area contributed by atoms with Gasteiger partial charge in [-0.15, -0.1) is 0 Å². The number of benzene rings is 1. The lowest BCUT2D eigenvalue weighted by Gasteiger charge is -2.23. The quantitative estimate of drug-likeness (QED) is 0.622. The molecule has 22 heavy (non-hydrogen) atoms. The van der Waals surface area contributed by atoms with Gasteiger partial charge in [0.15, 0.2) is 0 Å². The molecule has 0 fully saturated rings. The van der Waals surface area contributed by atoms with Crippen molar-refractivity contribution in [3.8, 4) is 0 Å². The number of carbonyl (C=O) groups is 2. The molecule has 1 aromatic rings. The van der Waals surface area contributed by atoms with Crippen molar-refractivity contribution in [1.29, 1.82) is 0 Å². The van der Waals surface area contributed by atoms with Crippen LogP contribution < -0.4 is 0 Å². The Morgan fingerprint density at radius 2 is 1.77 bits per heavy atom. The first-order valence-electron chi connectivity index (χ1n) is 7.08. The van der Waals surface area contributed by atoms with E-state index in [1.807, 2.05) is 39.8 Å². The highest BCUT2D eigenvalue weighted by Gasteiger charge is 2.40. The molecule has 1 aliphatic rings. The van der Waals surface area contributed by atoms with Crippen molar-refractivity contribution in [3.05, 3.63) is 47.4 Å². The third kappa shape index (κ3) is 2.93. The fraction of sp³-hybridized carbons (Fsp3) is 0.353. The standard InChI is InChI=1S/C17H20N2O3/c1-11-6-8-14(9-7-11)16(21)19-15(10-22-13(3)20)17(4,5)12(2)18-19/h6-10H,1-5H3/b15-10+. The number of aryl methyl sites for hydroxylation is 1. The molecule has 0 N–H and O–H groups in total. The van der Waals surface area contributed by atoms with Crippen LogP contribution in [0.5, 0.6) is 0 Å². The van der Waals surface area contributed by atoms with Gasteiger partial charge in [-0.1, -0.05) is 17.7 Å². The summed E-state index contributed by atoms with van der Waals surface area (Å²) in [5, 5.41) is 5.65. The molecule has 0 saturated carbocycles. The lowest BCUT2D eigenvalue weighted by molar-refractivity contribution is -0.135. The molecule has 0 spiro atoms. The summed E-state index contributed by atoms with van der Waals surface area (Å²) in [7, 11) is 0. The van der Waals surface area contributed by atoms with Crippen molar-refractivity contribution in [2.75, 3.05) is 0 Å². The Bertz CT molecular complexity index is 670. The molecule has 1 heterocycles. The monoisotopic (exact) mass is 300 g/mol. The Morgan fingerprint density at radius 3 is 2.32 bits per heavy atom. The summed E-state index contributed by atoms with van der Waals surface area (Å²) < 4.78 is 4.98. The summed E-state index contributed by atoms with van der Waals surface area (Å²) in [6, 6.07) is 7.27. The number of hydrazone groups is 1. The number of amides is 1. The second kappa shape index (κ2) is 5.75. The molecule has 0 bridgehead atoms. The average Bonchev–Trinajstić information content (AvgIpc) is 2.67. The number of esters is 1. The topological polar surface area (TPSA) is 59.0 Å². The number of hydrogen-bond donors (Lipinski definition) is 0.